The van der Waals surface area contributed by atoms with Crippen LogP contribution in [0.4, 0.5) is 0 Å². The Kier molecular flexibility index (Phi) is 17.5. The lowest BCUT2D eigenvalue weighted by molar-refractivity contribution is -0.174. The second-order valence-corrected chi connectivity index (χ2v) is 10.6. The van der Waals surface area contributed by atoms with Crippen molar-refractivity contribution in [2.75, 3.05) is 19.8 Å². The summed E-state index contributed by atoms with van der Waals surface area (Å²) in [7, 11) is 0. The summed E-state index contributed by atoms with van der Waals surface area (Å²) in [6.07, 6.45) is 9.70. The van der Waals surface area contributed by atoms with Crippen molar-refractivity contribution in [2.24, 2.45) is 17.8 Å². The SMILES string of the molecule is CCCCCCCC1CC(=O)C(C(OC(COCC(=O)O)C(O)CO)C(C)O)CC1CCCCCC. The van der Waals surface area contributed by atoms with Crippen LogP contribution < -0.4 is 0 Å². The number of carbonyl (C=O) groups is 2. The summed E-state index contributed by atoms with van der Waals surface area (Å²) in [5.74, 6) is -0.860. The van der Waals surface area contributed by atoms with Gasteiger partial charge in [0.05, 0.1) is 25.4 Å². The molecule has 8 nitrogen and oxygen atoms in total. The van der Waals surface area contributed by atoms with Crippen LogP contribution in [0, 0.1) is 17.8 Å². The molecule has 1 saturated carbocycles. The van der Waals surface area contributed by atoms with Crippen molar-refractivity contribution in [3.8, 4) is 0 Å². The van der Waals surface area contributed by atoms with Gasteiger partial charge in [0.25, 0.3) is 0 Å². The fraction of sp³-hybridized carbons (Fsp3) is 0.929. The van der Waals surface area contributed by atoms with Gasteiger partial charge in [-0.1, -0.05) is 78.1 Å². The number of rotatable bonds is 21. The van der Waals surface area contributed by atoms with Gasteiger partial charge in [-0.05, 0) is 31.6 Å². The molecule has 1 fully saturated rings. The van der Waals surface area contributed by atoms with Crippen molar-refractivity contribution >= 4 is 11.8 Å². The number of aliphatic hydroxyl groups excluding tert-OH is 3. The third-order valence-electron chi connectivity index (χ3n) is 7.54. The molecule has 8 heteroatoms. The van der Waals surface area contributed by atoms with E-state index < -0.39 is 49.5 Å². The average Bonchev–Trinajstić information content (AvgIpc) is 2.84. The van der Waals surface area contributed by atoms with Crippen LogP contribution in [-0.2, 0) is 19.1 Å². The second kappa shape index (κ2) is 19.1. The van der Waals surface area contributed by atoms with Crippen LogP contribution >= 0.6 is 0 Å². The van der Waals surface area contributed by atoms with Gasteiger partial charge < -0.3 is 29.9 Å². The Morgan fingerprint density at radius 1 is 0.972 bits per heavy atom. The molecule has 0 bridgehead atoms. The average molecular weight is 517 g/mol. The van der Waals surface area contributed by atoms with E-state index in [9.17, 15) is 24.9 Å². The van der Waals surface area contributed by atoms with Crippen LogP contribution in [-0.4, -0.2) is 76.4 Å². The molecule has 36 heavy (non-hydrogen) atoms. The molecule has 1 aliphatic rings. The molecule has 212 valence electrons. The van der Waals surface area contributed by atoms with Crippen molar-refractivity contribution in [3.05, 3.63) is 0 Å². The Bertz CT molecular complexity index is 596. The zero-order valence-electron chi connectivity index (χ0n) is 22.8. The zero-order valence-corrected chi connectivity index (χ0v) is 22.8. The number of aliphatic carboxylic acids is 1. The standard InChI is InChI=1S/C28H52O8/c1-4-6-8-10-12-14-22-16-24(31)23(15-21(22)13-11-9-7-5-2)28(20(3)30)36-26(25(32)17-29)18-35-19-27(33)34/h20-23,25-26,28-30,32H,4-19H2,1-3H3,(H,33,34). The molecule has 0 heterocycles. The minimum Gasteiger partial charge on any atom is -0.480 e. The number of Topliss-reactive ketones (excluding diaryl/α,β-unsaturated/α-hetero) is 1. The number of carboxylic acid groups (broad SMARTS) is 1. The first kappa shape index (κ1) is 33.0. The Morgan fingerprint density at radius 3 is 2.11 bits per heavy atom. The molecule has 1 rings (SSSR count). The number of unbranched alkanes of at least 4 members (excludes halogenated alkanes) is 7. The first-order chi connectivity index (χ1) is 17.2. The van der Waals surface area contributed by atoms with E-state index in [1.165, 1.54) is 44.9 Å². The van der Waals surface area contributed by atoms with Crippen molar-refractivity contribution in [1.82, 2.24) is 0 Å². The normalized spacial score (nSPS) is 23.8. The summed E-state index contributed by atoms with van der Waals surface area (Å²) < 4.78 is 11.1. The van der Waals surface area contributed by atoms with Gasteiger partial charge in [-0.25, -0.2) is 4.79 Å². The highest BCUT2D eigenvalue weighted by molar-refractivity contribution is 5.82. The van der Waals surface area contributed by atoms with Crippen LogP contribution in [0.3, 0.4) is 0 Å². The van der Waals surface area contributed by atoms with Crippen LogP contribution in [0.25, 0.3) is 0 Å². The van der Waals surface area contributed by atoms with Gasteiger partial charge in [0.2, 0.25) is 0 Å². The van der Waals surface area contributed by atoms with E-state index in [1.807, 2.05) is 0 Å². The van der Waals surface area contributed by atoms with Crippen LogP contribution in [0.15, 0.2) is 0 Å². The van der Waals surface area contributed by atoms with Gasteiger partial charge in [-0.3, -0.25) is 4.79 Å². The molecule has 0 aromatic heterocycles. The van der Waals surface area contributed by atoms with Gasteiger partial charge in [-0.15, -0.1) is 0 Å². The highest BCUT2D eigenvalue weighted by atomic mass is 16.6. The van der Waals surface area contributed by atoms with Crippen molar-refractivity contribution < 1.29 is 39.5 Å². The first-order valence-electron chi connectivity index (χ1n) is 14.2. The number of hydrogen-bond acceptors (Lipinski definition) is 7. The van der Waals surface area contributed by atoms with E-state index >= 15 is 0 Å². The molecule has 0 aromatic rings. The lowest BCUT2D eigenvalue weighted by atomic mass is 9.67. The smallest absolute Gasteiger partial charge is 0.329 e. The molecule has 0 amide bonds. The molecule has 0 aliphatic heterocycles. The van der Waals surface area contributed by atoms with Crippen molar-refractivity contribution in [3.63, 3.8) is 0 Å². The molecular weight excluding hydrogens is 464 g/mol. The molecule has 7 unspecified atom stereocenters. The van der Waals surface area contributed by atoms with Crippen LogP contribution in [0.5, 0.6) is 0 Å². The molecule has 7 atom stereocenters. The maximum Gasteiger partial charge on any atom is 0.329 e. The van der Waals surface area contributed by atoms with Crippen molar-refractivity contribution in [2.45, 2.75) is 129 Å². The van der Waals surface area contributed by atoms with E-state index in [2.05, 4.69) is 13.8 Å². The third kappa shape index (κ3) is 12.5. The summed E-state index contributed by atoms with van der Waals surface area (Å²) in [4.78, 5) is 24.1. The van der Waals surface area contributed by atoms with E-state index in [0.29, 0.717) is 24.7 Å². The summed E-state index contributed by atoms with van der Waals surface area (Å²) in [6.45, 7) is 4.52. The third-order valence-corrected chi connectivity index (χ3v) is 7.54. The van der Waals surface area contributed by atoms with Crippen LogP contribution in [0.1, 0.15) is 104 Å². The Morgan fingerprint density at radius 2 is 1.56 bits per heavy atom. The fourth-order valence-corrected chi connectivity index (χ4v) is 5.45. The number of ketones is 1. The number of carboxylic acids is 1. The minimum absolute atomic E-state index is 0.0768. The summed E-state index contributed by atoms with van der Waals surface area (Å²) in [5.41, 5.74) is 0. The largest absolute Gasteiger partial charge is 0.480 e. The first-order valence-corrected chi connectivity index (χ1v) is 14.2. The Hall–Kier alpha value is -1.06. The minimum atomic E-state index is -1.32. The van der Waals surface area contributed by atoms with Gasteiger partial charge in [-0.2, -0.15) is 0 Å². The number of hydrogen-bond donors (Lipinski definition) is 4. The monoisotopic (exact) mass is 516 g/mol. The zero-order chi connectivity index (χ0) is 26.9. The maximum absolute atomic E-state index is 13.3. The van der Waals surface area contributed by atoms with Gasteiger partial charge >= 0.3 is 5.97 Å². The summed E-state index contributed by atoms with van der Waals surface area (Å²) in [6, 6.07) is 0. The molecule has 0 spiro atoms. The van der Waals surface area contributed by atoms with Gasteiger partial charge in [0.15, 0.2) is 0 Å². The van der Waals surface area contributed by atoms with Gasteiger partial charge in [0.1, 0.15) is 24.6 Å². The number of ether oxygens (including phenoxy) is 2. The van der Waals surface area contributed by atoms with E-state index in [4.69, 9.17) is 14.6 Å². The van der Waals surface area contributed by atoms with E-state index in [1.54, 1.807) is 6.92 Å². The summed E-state index contributed by atoms with van der Waals surface area (Å²) in [5, 5.41) is 39.1. The molecule has 0 aromatic carbocycles. The Labute approximate surface area is 217 Å². The van der Waals surface area contributed by atoms with Crippen LogP contribution in [0.2, 0.25) is 0 Å². The number of aliphatic hydroxyl groups is 3. The maximum atomic E-state index is 13.3. The van der Waals surface area contributed by atoms with Crippen molar-refractivity contribution in [1.29, 1.82) is 0 Å². The summed E-state index contributed by atoms with van der Waals surface area (Å²) >= 11 is 0. The predicted molar refractivity (Wildman–Crippen MR) is 139 cm³/mol. The van der Waals surface area contributed by atoms with E-state index in [0.717, 1.165) is 25.7 Å². The lowest BCUT2D eigenvalue weighted by Crippen LogP contribution is -2.49. The molecule has 1 aliphatic carbocycles. The van der Waals surface area contributed by atoms with Gasteiger partial charge in [0, 0.05) is 12.3 Å². The fourth-order valence-electron chi connectivity index (χ4n) is 5.45. The van der Waals surface area contributed by atoms with E-state index in [-0.39, 0.29) is 12.4 Å². The topological polar surface area (TPSA) is 134 Å². The predicted octanol–water partition coefficient (Wildman–Crippen LogP) is 4.12. The molecule has 4 N–H and O–H groups in total. The molecular formula is C28H52O8. The highest BCUT2D eigenvalue weighted by Crippen LogP contribution is 2.40. The second-order valence-electron chi connectivity index (χ2n) is 10.6. The molecule has 0 saturated heterocycles. The molecule has 0 radical (unpaired) electrons. The lowest BCUT2D eigenvalue weighted by Gasteiger charge is -2.41. The quantitative estimate of drug-likeness (QED) is 0.167. The highest BCUT2D eigenvalue weighted by Gasteiger charge is 2.42. The number of carbonyl (C=O) groups excluding carboxylic acids is 1. The Balaban J connectivity index is 2.93.